The van der Waals surface area contributed by atoms with E-state index < -0.39 is 0 Å². The highest BCUT2D eigenvalue weighted by Gasteiger charge is 2.32. The molecule has 1 aliphatic rings. The summed E-state index contributed by atoms with van der Waals surface area (Å²) in [5.74, 6) is 0.840. The van der Waals surface area contributed by atoms with Gasteiger partial charge in [-0.25, -0.2) is 4.98 Å². The predicted octanol–water partition coefficient (Wildman–Crippen LogP) is 2.77. The lowest BCUT2D eigenvalue weighted by Gasteiger charge is -2.40. The SMILES string of the molecule is CC1C(Nc2ccccn2)CCCN1C(=O)c1ccccc1-n1nccn1. The van der Waals surface area contributed by atoms with E-state index in [1.165, 1.54) is 4.80 Å². The number of carbonyl (C=O) groups is 1. The number of hydrogen-bond acceptors (Lipinski definition) is 5. The molecule has 0 aliphatic carbocycles. The fraction of sp³-hybridized carbons (Fsp3) is 0.300. The first-order valence-corrected chi connectivity index (χ1v) is 9.18. The lowest BCUT2D eigenvalue weighted by atomic mass is 9.96. The second-order valence-corrected chi connectivity index (χ2v) is 6.68. The van der Waals surface area contributed by atoms with Gasteiger partial charge in [-0.05, 0) is 44.0 Å². The van der Waals surface area contributed by atoms with Gasteiger partial charge in [0.05, 0.1) is 23.6 Å². The lowest BCUT2D eigenvalue weighted by molar-refractivity contribution is 0.0616. The number of hydrogen-bond donors (Lipinski definition) is 1. The van der Waals surface area contributed by atoms with Gasteiger partial charge in [-0.15, -0.1) is 0 Å². The van der Waals surface area contributed by atoms with E-state index in [1.54, 1.807) is 18.6 Å². The molecule has 27 heavy (non-hydrogen) atoms. The highest BCUT2D eigenvalue weighted by Crippen LogP contribution is 2.24. The Kier molecular flexibility index (Phi) is 4.82. The van der Waals surface area contributed by atoms with Gasteiger partial charge in [0.2, 0.25) is 0 Å². The Bertz CT molecular complexity index is 896. The van der Waals surface area contributed by atoms with E-state index in [2.05, 4.69) is 27.4 Å². The number of amides is 1. The number of likely N-dealkylation sites (tertiary alicyclic amines) is 1. The van der Waals surface area contributed by atoms with E-state index >= 15 is 0 Å². The molecule has 2 atom stereocenters. The number of aromatic nitrogens is 4. The van der Waals surface area contributed by atoms with Crippen molar-refractivity contribution in [2.45, 2.75) is 31.8 Å². The third-order valence-corrected chi connectivity index (χ3v) is 5.02. The number of para-hydroxylation sites is 1. The second kappa shape index (κ2) is 7.57. The van der Waals surface area contributed by atoms with Gasteiger partial charge in [-0.1, -0.05) is 18.2 Å². The first kappa shape index (κ1) is 17.2. The molecule has 1 aromatic carbocycles. The van der Waals surface area contributed by atoms with Crippen LogP contribution in [0.2, 0.25) is 0 Å². The van der Waals surface area contributed by atoms with Gasteiger partial charge in [0.1, 0.15) is 5.82 Å². The van der Waals surface area contributed by atoms with Crippen molar-refractivity contribution in [1.82, 2.24) is 24.9 Å². The molecule has 3 aromatic rings. The van der Waals surface area contributed by atoms with E-state index in [0.29, 0.717) is 11.3 Å². The number of rotatable bonds is 4. The molecule has 0 radical (unpaired) electrons. The van der Waals surface area contributed by atoms with Crippen molar-refractivity contribution in [3.8, 4) is 5.69 Å². The Morgan fingerprint density at radius 3 is 2.63 bits per heavy atom. The summed E-state index contributed by atoms with van der Waals surface area (Å²) in [4.78, 5) is 21.1. The van der Waals surface area contributed by atoms with Crippen LogP contribution in [0.3, 0.4) is 0 Å². The first-order valence-electron chi connectivity index (χ1n) is 9.18. The standard InChI is InChI=1S/C20H22N6O/c1-15-17(24-19-10-4-5-11-21-19)8-6-14-25(15)20(27)16-7-2-3-9-18(16)26-22-12-13-23-26/h2-5,7,9-13,15,17H,6,8,14H2,1H3,(H,21,24). The molecule has 3 heterocycles. The number of nitrogens with one attached hydrogen (secondary N) is 1. The second-order valence-electron chi connectivity index (χ2n) is 6.68. The number of nitrogens with zero attached hydrogens (tertiary/aromatic N) is 5. The van der Waals surface area contributed by atoms with E-state index in [0.717, 1.165) is 25.2 Å². The van der Waals surface area contributed by atoms with Crippen LogP contribution in [0.25, 0.3) is 5.69 Å². The van der Waals surface area contributed by atoms with E-state index in [1.807, 2.05) is 47.4 Å². The predicted molar refractivity (Wildman–Crippen MR) is 103 cm³/mol. The summed E-state index contributed by atoms with van der Waals surface area (Å²) in [6.45, 7) is 2.83. The molecule has 1 N–H and O–H groups in total. The summed E-state index contributed by atoms with van der Waals surface area (Å²) in [7, 11) is 0. The summed E-state index contributed by atoms with van der Waals surface area (Å²) in [5, 5.41) is 11.8. The van der Waals surface area contributed by atoms with Crippen molar-refractivity contribution < 1.29 is 4.79 Å². The normalized spacial score (nSPS) is 19.7. The zero-order valence-corrected chi connectivity index (χ0v) is 15.2. The summed E-state index contributed by atoms with van der Waals surface area (Å²) in [6.07, 6.45) is 6.94. The highest BCUT2D eigenvalue weighted by molar-refractivity contribution is 5.98. The number of piperidine rings is 1. The summed E-state index contributed by atoms with van der Waals surface area (Å²) in [6, 6.07) is 13.5. The molecule has 2 aromatic heterocycles. The smallest absolute Gasteiger partial charge is 0.256 e. The van der Waals surface area contributed by atoms with Gasteiger partial charge in [0.15, 0.2) is 0 Å². The molecule has 7 heteroatoms. The molecule has 1 saturated heterocycles. The van der Waals surface area contributed by atoms with Crippen LogP contribution in [-0.4, -0.2) is 49.4 Å². The maximum atomic E-state index is 13.3. The number of anilines is 1. The van der Waals surface area contributed by atoms with Gasteiger partial charge in [-0.3, -0.25) is 4.79 Å². The van der Waals surface area contributed by atoms with Crippen LogP contribution in [0.15, 0.2) is 61.1 Å². The summed E-state index contributed by atoms with van der Waals surface area (Å²) in [5.41, 5.74) is 1.30. The molecule has 1 fully saturated rings. The Labute approximate surface area is 158 Å². The fourth-order valence-electron chi connectivity index (χ4n) is 3.58. The third-order valence-electron chi connectivity index (χ3n) is 5.02. The van der Waals surface area contributed by atoms with Gasteiger partial charge in [0.25, 0.3) is 5.91 Å². The van der Waals surface area contributed by atoms with Crippen molar-refractivity contribution in [2.75, 3.05) is 11.9 Å². The Balaban J connectivity index is 1.57. The van der Waals surface area contributed by atoms with Crippen molar-refractivity contribution in [3.63, 3.8) is 0 Å². The van der Waals surface area contributed by atoms with E-state index in [-0.39, 0.29) is 18.0 Å². The minimum Gasteiger partial charge on any atom is -0.365 e. The monoisotopic (exact) mass is 362 g/mol. The average molecular weight is 362 g/mol. The van der Waals surface area contributed by atoms with Crippen LogP contribution in [-0.2, 0) is 0 Å². The zero-order valence-electron chi connectivity index (χ0n) is 15.2. The fourth-order valence-corrected chi connectivity index (χ4v) is 3.58. The van der Waals surface area contributed by atoms with E-state index in [4.69, 9.17) is 0 Å². The highest BCUT2D eigenvalue weighted by atomic mass is 16.2. The Hall–Kier alpha value is -3.22. The average Bonchev–Trinajstić information content (AvgIpc) is 3.25. The van der Waals surface area contributed by atoms with Crippen molar-refractivity contribution in [1.29, 1.82) is 0 Å². The minimum absolute atomic E-state index is 0.00270. The van der Waals surface area contributed by atoms with Crippen LogP contribution in [0.1, 0.15) is 30.1 Å². The molecule has 4 rings (SSSR count). The van der Waals surface area contributed by atoms with Crippen LogP contribution in [0.5, 0.6) is 0 Å². The van der Waals surface area contributed by atoms with Gasteiger partial charge >= 0.3 is 0 Å². The van der Waals surface area contributed by atoms with E-state index in [9.17, 15) is 4.79 Å². The third kappa shape index (κ3) is 3.53. The summed E-state index contributed by atoms with van der Waals surface area (Å²) >= 11 is 0. The van der Waals surface area contributed by atoms with Crippen molar-refractivity contribution in [3.05, 3.63) is 66.6 Å². The van der Waals surface area contributed by atoms with Gasteiger partial charge < -0.3 is 10.2 Å². The van der Waals surface area contributed by atoms with Crippen molar-refractivity contribution >= 4 is 11.7 Å². The summed E-state index contributed by atoms with van der Waals surface area (Å²) < 4.78 is 0. The Morgan fingerprint density at radius 2 is 1.85 bits per heavy atom. The number of pyridine rings is 1. The maximum absolute atomic E-state index is 13.3. The zero-order chi connectivity index (χ0) is 18.6. The number of carbonyl (C=O) groups excluding carboxylic acids is 1. The van der Waals surface area contributed by atoms with Crippen LogP contribution >= 0.6 is 0 Å². The lowest BCUT2D eigenvalue weighted by Crippen LogP contribution is -2.52. The largest absolute Gasteiger partial charge is 0.365 e. The topological polar surface area (TPSA) is 75.9 Å². The van der Waals surface area contributed by atoms with Crippen LogP contribution in [0.4, 0.5) is 5.82 Å². The molecule has 0 saturated carbocycles. The quantitative estimate of drug-likeness (QED) is 0.772. The minimum atomic E-state index is 0.00270. The molecule has 7 nitrogen and oxygen atoms in total. The van der Waals surface area contributed by atoms with Crippen molar-refractivity contribution in [2.24, 2.45) is 0 Å². The van der Waals surface area contributed by atoms with Gasteiger partial charge in [-0.2, -0.15) is 15.0 Å². The van der Waals surface area contributed by atoms with Gasteiger partial charge in [0, 0.05) is 24.8 Å². The first-order chi connectivity index (χ1) is 13.2. The molecule has 0 spiro atoms. The molecule has 0 bridgehead atoms. The Morgan fingerprint density at radius 1 is 1.07 bits per heavy atom. The van der Waals surface area contributed by atoms with Crippen LogP contribution < -0.4 is 5.32 Å². The maximum Gasteiger partial charge on any atom is 0.256 e. The molecule has 1 aliphatic heterocycles. The molecule has 2 unspecified atom stereocenters. The molecular formula is C20H22N6O. The molecule has 138 valence electrons. The van der Waals surface area contributed by atoms with Crippen LogP contribution in [0, 0.1) is 0 Å². The number of benzene rings is 1. The molecule has 1 amide bonds. The molecular weight excluding hydrogens is 340 g/mol.